The Balaban J connectivity index is 0.00000785. The van der Waals surface area contributed by atoms with Crippen molar-refractivity contribution >= 4 is 21.9 Å². The number of fused-ring (bicyclic) bond motifs is 9. The molecule has 1 saturated heterocycles. The number of H-pyrrole nitrogens is 1. The van der Waals surface area contributed by atoms with E-state index < -0.39 is 50.6 Å². The van der Waals surface area contributed by atoms with E-state index in [1.807, 2.05) is 80.0 Å². The molecule has 468 valence electrons. The van der Waals surface area contributed by atoms with Gasteiger partial charge in [0.25, 0.3) is 0 Å². The van der Waals surface area contributed by atoms with Crippen molar-refractivity contribution in [3.05, 3.63) is 194 Å². The summed E-state index contributed by atoms with van der Waals surface area (Å²) >= 11 is 0. The number of hydrogen-bond donors (Lipinski definition) is 9. The molecule has 6 aliphatic heterocycles. The maximum Gasteiger partial charge on any atom is 1.00 e. The average molecular weight is 1240 g/mol. The molecule has 2 fully saturated rings. The molecule has 0 spiro atoms. The zero-order valence-corrected chi connectivity index (χ0v) is 55.0. The largest absolute Gasteiger partial charge is 1.00 e. The second-order valence-electron chi connectivity index (χ2n) is 27.0. The Morgan fingerprint density at radius 1 is 0.922 bits per heavy atom. The van der Waals surface area contributed by atoms with Crippen LogP contribution >= 0.6 is 0 Å². The number of ether oxygens (including phenoxy) is 2. The van der Waals surface area contributed by atoms with Gasteiger partial charge in [-0.15, -0.1) is 0 Å². The molecule has 14 atom stereocenters. The summed E-state index contributed by atoms with van der Waals surface area (Å²) in [5, 5.41) is 45.1. The normalized spacial score (nSPS) is 29.7. The van der Waals surface area contributed by atoms with E-state index in [-0.39, 0.29) is 102 Å². The number of allylic oxidation sites excluding steroid dienone is 1. The molecule has 7 heterocycles. The Morgan fingerprint density at radius 3 is 2.50 bits per heavy atom. The molecule has 11 N–H and O–H groups in total. The number of hydrogen-bond acceptors (Lipinski definition) is 12. The minimum Gasteiger partial charge on any atom is -0.748 e. The maximum absolute atomic E-state index is 14.4. The number of aliphatic imine (C=N–C) groups is 1. The molecule has 3 aliphatic carbocycles. The Labute approximate surface area is 552 Å². The quantitative estimate of drug-likeness (QED) is 0.0128. The fourth-order valence-corrected chi connectivity index (χ4v) is 18.2. The molecule has 17 heteroatoms. The topological polar surface area (TPSA) is 253 Å². The van der Waals surface area contributed by atoms with Gasteiger partial charge in [-0.3, -0.25) is 0 Å². The first-order valence-electron chi connectivity index (χ1n) is 32.5. The van der Waals surface area contributed by atoms with Crippen molar-refractivity contribution in [2.45, 2.75) is 156 Å². The van der Waals surface area contributed by atoms with Crippen LogP contribution in [0.5, 0.6) is 11.5 Å². The third-order valence-electron chi connectivity index (χ3n) is 21.4. The van der Waals surface area contributed by atoms with Gasteiger partial charge in [-0.1, -0.05) is 104 Å². The van der Waals surface area contributed by atoms with Crippen molar-refractivity contribution in [2.24, 2.45) is 46.0 Å². The van der Waals surface area contributed by atoms with Crippen LogP contribution in [0.3, 0.4) is 0 Å². The number of phenols is 1. The Bertz CT molecular complexity index is 3780. The number of anilines is 1. The van der Waals surface area contributed by atoms with E-state index in [0.29, 0.717) is 81.3 Å². The summed E-state index contributed by atoms with van der Waals surface area (Å²) in [5.74, 6) is 5.74. The number of benzene rings is 5. The smallest absolute Gasteiger partial charge is 0.748 e. The Morgan fingerprint density at radius 2 is 1.73 bits per heavy atom. The molecule has 0 amide bonds. The fraction of sp³-hybridized carbons (Fsp3) is 0.466. The maximum atomic E-state index is 14.4. The van der Waals surface area contributed by atoms with Crippen molar-refractivity contribution in [3.8, 4) is 23.3 Å². The molecule has 0 radical (unpaired) electrons. The number of aromatic amines is 1. The molecule has 0 unspecified atom stereocenters. The van der Waals surface area contributed by atoms with E-state index >= 15 is 0 Å². The standard InChI is InChI=1S/C73H87N7O8S.Na/c1-44-15-16-49-34-58-22-24-60(49)62(44)38-67(89(84,85)86)65-36-53-32-52(35-59-30-46(43-81)11-6-12-48-33-57(82)21-23-61(48)70(53)87-59)69(65)47-17-19-55(20-18-47)73(88-58,80-71(74)75)40-56(29-45-9-4-3-5-10-45)72(83)26-7-13-51(39-72)63-37-64-50(31-54(63)41-76-2)25-28-77-66(64)42-79-68-14-8-27-78-68;/h3-5,8-10,14,17-24,27,31,33-34,36-37,44,46,51-52,56,59,62,65-67,69-70,76-79,81-83H,7,11,13,15-16,25-26,28-30,32,35,38-43H2,1-2H3,(H4,74,75,80)(H,84,85,86);/q;+1/p-1/t44-,46+,51+,52-,56-,59-,62+,65-,66+,67-,69+,70-,72-,73+;/m1./s1. The predicted octanol–water partition coefficient (Wildman–Crippen LogP) is 7.50. The molecule has 6 aromatic rings. The van der Waals surface area contributed by atoms with Crippen LogP contribution in [0.2, 0.25) is 0 Å². The summed E-state index contributed by atoms with van der Waals surface area (Å²) in [6.45, 7) is 4.37. The van der Waals surface area contributed by atoms with Gasteiger partial charge in [0.2, 0.25) is 5.72 Å². The molecule has 1 saturated carbocycles. The summed E-state index contributed by atoms with van der Waals surface area (Å²) in [5.41, 5.74) is 22.6. The van der Waals surface area contributed by atoms with Crippen molar-refractivity contribution in [3.63, 3.8) is 0 Å². The Kier molecular flexibility index (Phi) is 19.2. The minimum atomic E-state index is -4.96. The summed E-state index contributed by atoms with van der Waals surface area (Å²) < 4.78 is 58.1. The number of nitrogens with two attached hydrogens (primary N) is 2. The van der Waals surface area contributed by atoms with Gasteiger partial charge >= 0.3 is 29.6 Å². The first-order valence-corrected chi connectivity index (χ1v) is 33.9. The molecule has 15 nitrogen and oxygen atoms in total. The second-order valence-corrected chi connectivity index (χ2v) is 28.6. The molecule has 10 bridgehead atoms. The van der Waals surface area contributed by atoms with E-state index in [9.17, 15) is 28.3 Å². The van der Waals surface area contributed by atoms with Crippen LogP contribution in [0.1, 0.15) is 169 Å². The molecule has 15 rings (SSSR count). The third-order valence-corrected chi connectivity index (χ3v) is 22.6. The summed E-state index contributed by atoms with van der Waals surface area (Å²) in [4.78, 5) is 8.53. The molecular formula is C73H86N7NaO8S. The van der Waals surface area contributed by atoms with Crippen LogP contribution in [0.15, 0.2) is 138 Å². The van der Waals surface area contributed by atoms with Crippen LogP contribution in [0.4, 0.5) is 5.82 Å². The van der Waals surface area contributed by atoms with Crippen molar-refractivity contribution in [1.29, 1.82) is 0 Å². The number of nitrogens with one attached hydrogen (secondary N) is 4. The molecule has 5 aromatic carbocycles. The van der Waals surface area contributed by atoms with Crippen molar-refractivity contribution in [2.75, 3.05) is 32.1 Å². The van der Waals surface area contributed by atoms with Gasteiger partial charge in [0.1, 0.15) is 23.4 Å². The van der Waals surface area contributed by atoms with Crippen LogP contribution in [-0.4, -0.2) is 82.9 Å². The third kappa shape index (κ3) is 13.3. The molecule has 9 aliphatic rings. The van der Waals surface area contributed by atoms with Gasteiger partial charge in [0.05, 0.1) is 27.1 Å². The van der Waals surface area contributed by atoms with Crippen molar-refractivity contribution < 1.29 is 67.3 Å². The number of phenolic OH excluding ortho intramolecular Hbond substituents is 1. The van der Waals surface area contributed by atoms with Gasteiger partial charge in [-0.25, -0.2) is 13.4 Å². The number of aliphatic hydroxyl groups is 2. The van der Waals surface area contributed by atoms with Gasteiger partial charge in [-0.05, 0) is 224 Å². The predicted molar refractivity (Wildman–Crippen MR) is 346 cm³/mol. The number of nitrogens with zero attached hydrogens (tertiary/aromatic N) is 1. The molecular weight excluding hydrogens is 1160 g/mol. The summed E-state index contributed by atoms with van der Waals surface area (Å²) in [6.07, 6.45) is 11.1. The van der Waals surface area contributed by atoms with Crippen LogP contribution in [0, 0.1) is 41.4 Å². The molecule has 90 heavy (non-hydrogen) atoms. The Hall–Kier alpha value is -5.94. The van der Waals surface area contributed by atoms with Gasteiger partial charge < -0.3 is 61.7 Å². The second kappa shape index (κ2) is 27.0. The number of aromatic nitrogens is 1. The van der Waals surface area contributed by atoms with Crippen molar-refractivity contribution in [1.82, 2.24) is 15.6 Å². The minimum absolute atomic E-state index is 0. The number of aromatic hydroxyl groups is 1. The van der Waals surface area contributed by atoms with Gasteiger partial charge in [0, 0.05) is 61.5 Å². The average Bonchev–Trinajstić information content (AvgIpc) is 1.39. The van der Waals surface area contributed by atoms with E-state index in [4.69, 9.17) is 25.9 Å². The van der Waals surface area contributed by atoms with Crippen LogP contribution in [0.25, 0.3) is 0 Å². The van der Waals surface area contributed by atoms with Crippen LogP contribution < -0.4 is 61.7 Å². The monoisotopic (exact) mass is 1240 g/mol. The van der Waals surface area contributed by atoms with Crippen LogP contribution in [-0.2, 0) is 46.4 Å². The SMILES string of the molecule is CNCc1cc2c(cc1[C@H]1CCC[C@](O)([C@H](Cc3ccccc3)C[C@]3(N=C(N)N)Oc4ccc5c(c4)CC[C@@H](C)[C@@H]5C[C@@H](S(=O)(=O)[O-])[C@H]4C=C5C[C@H](C[C@H]6C[C@@H](CO)CC#Cc7cc(O)ccc7[C@@H]5O6)[C@@H]4c4ccc3cc4)C1)[C@H](CNc1ccc[nH]1)NCC2.[Na+]. The zero-order chi connectivity index (χ0) is 61.6. The first-order chi connectivity index (χ1) is 43.0. The number of rotatable bonds is 14. The van der Waals surface area contributed by atoms with E-state index in [2.05, 4.69) is 82.2 Å². The van der Waals surface area contributed by atoms with E-state index in [0.717, 1.165) is 71.4 Å². The number of guanidine groups is 1. The summed E-state index contributed by atoms with van der Waals surface area (Å²) in [7, 11) is -2.97. The molecule has 1 aromatic heterocycles. The fourth-order valence-electron chi connectivity index (χ4n) is 17.1. The van der Waals surface area contributed by atoms with E-state index in [1.54, 1.807) is 12.1 Å². The van der Waals surface area contributed by atoms with Gasteiger partial charge in [-0.2, -0.15) is 0 Å². The van der Waals surface area contributed by atoms with Gasteiger partial charge in [0.15, 0.2) is 5.96 Å². The number of aryl methyl sites for hydroxylation is 1. The summed E-state index contributed by atoms with van der Waals surface area (Å²) in [6, 6.07) is 38.6. The zero-order valence-electron chi connectivity index (χ0n) is 52.2. The number of aliphatic hydroxyl groups excluding tert-OH is 1. The first kappa shape index (κ1) is 64.2. The van der Waals surface area contributed by atoms with E-state index in [1.165, 1.54) is 22.3 Å².